The molecule has 1 saturated carbocycles. The van der Waals surface area contributed by atoms with E-state index in [9.17, 15) is 4.39 Å². The van der Waals surface area contributed by atoms with E-state index in [1.165, 1.54) is 25.7 Å². The molecule has 1 fully saturated rings. The van der Waals surface area contributed by atoms with E-state index in [1.807, 2.05) is 0 Å². The quantitative estimate of drug-likeness (QED) is 0.856. The molecule has 1 nitrogen and oxygen atoms in total. The fourth-order valence-corrected chi connectivity index (χ4v) is 2.75. The molecule has 0 heterocycles. The average molecular weight is 256 g/mol. The molecule has 1 aliphatic carbocycles. The van der Waals surface area contributed by atoms with E-state index in [1.54, 1.807) is 18.2 Å². The summed E-state index contributed by atoms with van der Waals surface area (Å²) >= 11 is 5.76. The Balaban J connectivity index is 1.91. The molecule has 0 saturated heterocycles. The first kappa shape index (κ1) is 12.8. The highest BCUT2D eigenvalue weighted by Gasteiger charge is 2.18. The predicted octanol–water partition coefficient (Wildman–Crippen LogP) is 4.15. The molecule has 1 N–H and O–H groups in total. The zero-order valence-corrected chi connectivity index (χ0v) is 10.9. The summed E-state index contributed by atoms with van der Waals surface area (Å²) < 4.78 is 13.7. The van der Waals surface area contributed by atoms with Gasteiger partial charge in [-0.1, -0.05) is 43.5 Å². The monoisotopic (exact) mass is 255 g/mol. The summed E-state index contributed by atoms with van der Waals surface area (Å²) in [6.07, 6.45) is 5.00. The third-order valence-corrected chi connectivity index (χ3v) is 3.84. The maximum atomic E-state index is 13.7. The van der Waals surface area contributed by atoms with Crippen LogP contribution in [0.25, 0.3) is 0 Å². The normalized spacial score (nSPS) is 24.9. The SMILES string of the molecule is CC1CCCC(NCc2cccc(Cl)c2F)C1. The van der Waals surface area contributed by atoms with Gasteiger partial charge in [-0.3, -0.25) is 0 Å². The molecule has 94 valence electrons. The van der Waals surface area contributed by atoms with Crippen molar-refractivity contribution in [2.75, 3.05) is 0 Å². The van der Waals surface area contributed by atoms with Gasteiger partial charge in [-0.05, 0) is 24.8 Å². The summed E-state index contributed by atoms with van der Waals surface area (Å²) in [5, 5.41) is 3.65. The molecule has 1 aromatic carbocycles. The molecule has 0 aromatic heterocycles. The van der Waals surface area contributed by atoms with Crippen LogP contribution in [0, 0.1) is 11.7 Å². The van der Waals surface area contributed by atoms with E-state index in [0.29, 0.717) is 18.2 Å². The number of hydrogen-bond acceptors (Lipinski definition) is 1. The third kappa shape index (κ3) is 3.43. The van der Waals surface area contributed by atoms with E-state index < -0.39 is 0 Å². The molecule has 2 rings (SSSR count). The Labute approximate surface area is 107 Å². The lowest BCUT2D eigenvalue weighted by Crippen LogP contribution is -2.33. The van der Waals surface area contributed by atoms with Crippen LogP contribution in [0.1, 0.15) is 38.2 Å². The van der Waals surface area contributed by atoms with Gasteiger partial charge in [0.05, 0.1) is 5.02 Å². The molecule has 0 amide bonds. The zero-order valence-electron chi connectivity index (χ0n) is 10.2. The van der Waals surface area contributed by atoms with Crippen LogP contribution in [0.3, 0.4) is 0 Å². The van der Waals surface area contributed by atoms with Gasteiger partial charge < -0.3 is 5.32 Å². The highest BCUT2D eigenvalue weighted by atomic mass is 35.5. The predicted molar refractivity (Wildman–Crippen MR) is 69.7 cm³/mol. The van der Waals surface area contributed by atoms with Gasteiger partial charge in [0.2, 0.25) is 0 Å². The first-order valence-corrected chi connectivity index (χ1v) is 6.71. The number of hydrogen-bond donors (Lipinski definition) is 1. The lowest BCUT2D eigenvalue weighted by atomic mass is 9.87. The largest absolute Gasteiger partial charge is 0.310 e. The second kappa shape index (κ2) is 5.83. The van der Waals surface area contributed by atoms with Gasteiger partial charge in [-0.2, -0.15) is 0 Å². The van der Waals surface area contributed by atoms with E-state index in [4.69, 9.17) is 11.6 Å². The molecule has 3 heteroatoms. The minimum atomic E-state index is -0.287. The van der Waals surface area contributed by atoms with Crippen LogP contribution in [-0.2, 0) is 6.54 Å². The summed E-state index contributed by atoms with van der Waals surface area (Å²) in [7, 11) is 0. The summed E-state index contributed by atoms with van der Waals surface area (Å²) in [6, 6.07) is 5.70. The Kier molecular flexibility index (Phi) is 4.41. The Hall–Kier alpha value is -0.600. The number of halogens is 2. The van der Waals surface area contributed by atoms with Gasteiger partial charge in [0.15, 0.2) is 0 Å². The first-order chi connectivity index (χ1) is 8.16. The van der Waals surface area contributed by atoms with E-state index in [-0.39, 0.29) is 10.8 Å². The minimum Gasteiger partial charge on any atom is -0.310 e. The standard InChI is InChI=1S/C14H19ClFN/c1-10-4-2-6-12(8-10)17-9-11-5-3-7-13(15)14(11)16/h3,5,7,10,12,17H,2,4,6,8-9H2,1H3. The first-order valence-electron chi connectivity index (χ1n) is 6.33. The van der Waals surface area contributed by atoms with Crippen molar-refractivity contribution in [1.29, 1.82) is 0 Å². The van der Waals surface area contributed by atoms with Crippen molar-refractivity contribution in [2.45, 2.75) is 45.2 Å². The fraction of sp³-hybridized carbons (Fsp3) is 0.571. The van der Waals surface area contributed by atoms with Gasteiger partial charge in [0, 0.05) is 18.2 Å². The number of rotatable bonds is 3. The molecule has 0 aliphatic heterocycles. The van der Waals surface area contributed by atoms with Crippen molar-refractivity contribution in [3.8, 4) is 0 Å². The van der Waals surface area contributed by atoms with Crippen molar-refractivity contribution in [2.24, 2.45) is 5.92 Å². The van der Waals surface area contributed by atoms with Crippen LogP contribution in [-0.4, -0.2) is 6.04 Å². The van der Waals surface area contributed by atoms with Crippen LogP contribution in [0.2, 0.25) is 5.02 Å². The fourth-order valence-electron chi connectivity index (χ4n) is 2.56. The third-order valence-electron chi connectivity index (χ3n) is 3.55. The highest BCUT2D eigenvalue weighted by Crippen LogP contribution is 2.24. The Morgan fingerprint density at radius 3 is 3.00 bits per heavy atom. The van der Waals surface area contributed by atoms with E-state index in [0.717, 1.165) is 5.92 Å². The van der Waals surface area contributed by atoms with Gasteiger partial charge in [0.1, 0.15) is 5.82 Å². The zero-order chi connectivity index (χ0) is 12.3. The summed E-state index contributed by atoms with van der Waals surface area (Å²) in [5.74, 6) is 0.496. The molecule has 1 aliphatic rings. The number of benzene rings is 1. The minimum absolute atomic E-state index is 0.210. The maximum absolute atomic E-state index is 13.7. The van der Waals surface area contributed by atoms with Crippen molar-refractivity contribution < 1.29 is 4.39 Å². The molecule has 2 atom stereocenters. The second-order valence-corrected chi connectivity index (χ2v) is 5.47. The van der Waals surface area contributed by atoms with Crippen molar-refractivity contribution in [3.63, 3.8) is 0 Å². The summed E-state index contributed by atoms with van der Waals surface area (Å²) in [6.45, 7) is 2.86. The summed E-state index contributed by atoms with van der Waals surface area (Å²) in [5.41, 5.74) is 0.663. The van der Waals surface area contributed by atoms with Crippen LogP contribution in [0.4, 0.5) is 4.39 Å². The molecule has 0 spiro atoms. The van der Waals surface area contributed by atoms with Gasteiger partial charge >= 0.3 is 0 Å². The van der Waals surface area contributed by atoms with Gasteiger partial charge in [-0.15, -0.1) is 0 Å². The lowest BCUT2D eigenvalue weighted by molar-refractivity contribution is 0.299. The molecule has 2 unspecified atom stereocenters. The van der Waals surface area contributed by atoms with Crippen LogP contribution in [0.5, 0.6) is 0 Å². The second-order valence-electron chi connectivity index (χ2n) is 5.06. The molecular formula is C14H19ClFN. The molecule has 1 aromatic rings. The molecule has 17 heavy (non-hydrogen) atoms. The smallest absolute Gasteiger partial charge is 0.146 e. The topological polar surface area (TPSA) is 12.0 Å². The molecular weight excluding hydrogens is 237 g/mol. The molecule has 0 radical (unpaired) electrons. The van der Waals surface area contributed by atoms with E-state index >= 15 is 0 Å². The van der Waals surface area contributed by atoms with Crippen LogP contribution < -0.4 is 5.32 Å². The highest BCUT2D eigenvalue weighted by molar-refractivity contribution is 6.30. The van der Waals surface area contributed by atoms with Gasteiger partial charge in [0.25, 0.3) is 0 Å². The summed E-state index contributed by atoms with van der Waals surface area (Å²) in [4.78, 5) is 0. The number of nitrogens with one attached hydrogen (secondary N) is 1. The van der Waals surface area contributed by atoms with Crippen LogP contribution >= 0.6 is 11.6 Å². The Bertz CT molecular complexity index is 380. The van der Waals surface area contributed by atoms with E-state index in [2.05, 4.69) is 12.2 Å². The van der Waals surface area contributed by atoms with Crippen molar-refractivity contribution in [1.82, 2.24) is 5.32 Å². The Morgan fingerprint density at radius 1 is 1.41 bits per heavy atom. The van der Waals surface area contributed by atoms with Crippen molar-refractivity contribution >= 4 is 11.6 Å². The molecule has 0 bridgehead atoms. The lowest BCUT2D eigenvalue weighted by Gasteiger charge is -2.27. The Morgan fingerprint density at radius 2 is 2.24 bits per heavy atom. The van der Waals surface area contributed by atoms with Gasteiger partial charge in [-0.25, -0.2) is 4.39 Å². The average Bonchev–Trinajstić information content (AvgIpc) is 2.31. The van der Waals surface area contributed by atoms with Crippen molar-refractivity contribution in [3.05, 3.63) is 34.6 Å². The van der Waals surface area contributed by atoms with Crippen LogP contribution in [0.15, 0.2) is 18.2 Å². The maximum Gasteiger partial charge on any atom is 0.146 e.